The highest BCUT2D eigenvalue weighted by molar-refractivity contribution is 6.07. The predicted octanol–water partition coefficient (Wildman–Crippen LogP) is 6.33. The zero-order valence-electron chi connectivity index (χ0n) is 15.8. The van der Waals surface area contributed by atoms with Crippen molar-refractivity contribution in [1.82, 2.24) is 0 Å². The molecule has 0 fully saturated rings. The van der Waals surface area contributed by atoms with E-state index in [0.29, 0.717) is 17.3 Å². The van der Waals surface area contributed by atoms with E-state index in [1.807, 2.05) is 31.2 Å². The Hall–Kier alpha value is -3.13. The Balaban J connectivity index is 1.71. The molecule has 3 aromatic carbocycles. The summed E-state index contributed by atoms with van der Waals surface area (Å²) in [5, 5.41) is 2.30. The molecule has 0 saturated heterocycles. The molecule has 0 atom stereocenters. The number of carbonyl (C=O) groups is 1. The SMILES string of the molecule is CC(=C1C=C(c2ccc3ccccc3c2)OC1=O)c1ccc(C(C)C)cc1. The minimum atomic E-state index is -0.288. The van der Waals surface area contributed by atoms with Crippen LogP contribution in [-0.2, 0) is 9.53 Å². The molecule has 0 N–H and O–H groups in total. The quantitative estimate of drug-likeness (QED) is 0.405. The van der Waals surface area contributed by atoms with E-state index in [4.69, 9.17) is 4.74 Å². The third-order valence-corrected chi connectivity index (χ3v) is 5.15. The van der Waals surface area contributed by atoms with Gasteiger partial charge in [-0.05, 0) is 52.5 Å². The first-order valence-electron chi connectivity index (χ1n) is 9.27. The number of hydrogen-bond donors (Lipinski definition) is 0. The van der Waals surface area contributed by atoms with Crippen LogP contribution in [0.4, 0.5) is 0 Å². The average molecular weight is 354 g/mol. The van der Waals surface area contributed by atoms with E-state index < -0.39 is 0 Å². The molecule has 1 aliphatic rings. The third kappa shape index (κ3) is 3.31. The fraction of sp³-hybridized carbons (Fsp3) is 0.160. The Morgan fingerprint density at radius 3 is 2.30 bits per heavy atom. The lowest BCUT2D eigenvalue weighted by molar-refractivity contribution is -0.130. The van der Waals surface area contributed by atoms with Crippen molar-refractivity contribution < 1.29 is 9.53 Å². The van der Waals surface area contributed by atoms with Crippen LogP contribution in [-0.4, -0.2) is 5.97 Å². The van der Waals surface area contributed by atoms with Gasteiger partial charge < -0.3 is 4.74 Å². The first kappa shape index (κ1) is 17.3. The van der Waals surface area contributed by atoms with Gasteiger partial charge in [0.05, 0.1) is 5.57 Å². The van der Waals surface area contributed by atoms with Crippen molar-refractivity contribution in [3.8, 4) is 0 Å². The molecule has 0 radical (unpaired) electrons. The second-order valence-electron chi connectivity index (χ2n) is 7.28. The molecule has 0 spiro atoms. The summed E-state index contributed by atoms with van der Waals surface area (Å²) < 4.78 is 5.58. The number of esters is 1. The van der Waals surface area contributed by atoms with Crippen molar-refractivity contribution in [2.75, 3.05) is 0 Å². The highest BCUT2D eigenvalue weighted by atomic mass is 16.5. The maximum absolute atomic E-state index is 12.5. The largest absolute Gasteiger partial charge is 0.422 e. The lowest BCUT2D eigenvalue weighted by atomic mass is 9.96. The van der Waals surface area contributed by atoms with Crippen LogP contribution in [0.15, 0.2) is 78.4 Å². The molecule has 1 heterocycles. The Kier molecular flexibility index (Phi) is 4.41. The Labute approximate surface area is 159 Å². The van der Waals surface area contributed by atoms with Gasteiger partial charge >= 0.3 is 5.97 Å². The fourth-order valence-corrected chi connectivity index (χ4v) is 3.39. The topological polar surface area (TPSA) is 26.3 Å². The molecule has 0 amide bonds. The summed E-state index contributed by atoms with van der Waals surface area (Å²) >= 11 is 0. The second-order valence-corrected chi connectivity index (χ2v) is 7.28. The lowest BCUT2D eigenvalue weighted by Gasteiger charge is -2.08. The molecule has 27 heavy (non-hydrogen) atoms. The lowest BCUT2D eigenvalue weighted by Crippen LogP contribution is -2.00. The van der Waals surface area contributed by atoms with Crippen molar-refractivity contribution in [1.29, 1.82) is 0 Å². The van der Waals surface area contributed by atoms with E-state index >= 15 is 0 Å². The third-order valence-electron chi connectivity index (χ3n) is 5.15. The maximum Gasteiger partial charge on any atom is 0.343 e. The molecule has 0 saturated carbocycles. The summed E-state index contributed by atoms with van der Waals surface area (Å²) in [6, 6.07) is 22.7. The summed E-state index contributed by atoms with van der Waals surface area (Å²) in [6.45, 7) is 6.32. The number of carbonyl (C=O) groups excluding carboxylic acids is 1. The van der Waals surface area contributed by atoms with Crippen LogP contribution in [0.2, 0.25) is 0 Å². The number of fused-ring (bicyclic) bond motifs is 1. The van der Waals surface area contributed by atoms with E-state index in [1.54, 1.807) is 0 Å². The molecular formula is C25H22O2. The van der Waals surface area contributed by atoms with Crippen LogP contribution in [0.3, 0.4) is 0 Å². The van der Waals surface area contributed by atoms with Crippen molar-refractivity contribution >= 4 is 28.1 Å². The van der Waals surface area contributed by atoms with Crippen molar-refractivity contribution in [2.45, 2.75) is 26.7 Å². The molecule has 2 heteroatoms. The first-order chi connectivity index (χ1) is 13.0. The van der Waals surface area contributed by atoms with Gasteiger partial charge in [-0.25, -0.2) is 4.79 Å². The van der Waals surface area contributed by atoms with Gasteiger partial charge in [-0.1, -0.05) is 74.5 Å². The zero-order valence-corrected chi connectivity index (χ0v) is 15.8. The molecule has 2 nitrogen and oxygen atoms in total. The zero-order chi connectivity index (χ0) is 19.0. The van der Waals surface area contributed by atoms with Gasteiger partial charge in [0, 0.05) is 5.56 Å². The molecule has 0 aliphatic carbocycles. The molecule has 0 bridgehead atoms. The predicted molar refractivity (Wildman–Crippen MR) is 111 cm³/mol. The van der Waals surface area contributed by atoms with Gasteiger partial charge in [-0.2, -0.15) is 0 Å². The number of rotatable bonds is 3. The van der Waals surface area contributed by atoms with Gasteiger partial charge in [0.15, 0.2) is 0 Å². The number of ether oxygens (including phenoxy) is 1. The van der Waals surface area contributed by atoms with Crippen molar-refractivity contribution in [2.24, 2.45) is 0 Å². The van der Waals surface area contributed by atoms with Crippen LogP contribution < -0.4 is 0 Å². The smallest absolute Gasteiger partial charge is 0.343 e. The van der Waals surface area contributed by atoms with Crippen LogP contribution >= 0.6 is 0 Å². The van der Waals surface area contributed by atoms with Crippen molar-refractivity contribution in [3.63, 3.8) is 0 Å². The number of hydrogen-bond acceptors (Lipinski definition) is 2. The monoisotopic (exact) mass is 354 g/mol. The van der Waals surface area contributed by atoms with E-state index in [-0.39, 0.29) is 5.97 Å². The molecule has 3 aromatic rings. The molecule has 0 aromatic heterocycles. The molecule has 0 unspecified atom stereocenters. The highest BCUT2D eigenvalue weighted by Gasteiger charge is 2.24. The van der Waals surface area contributed by atoms with Crippen LogP contribution in [0.5, 0.6) is 0 Å². The van der Waals surface area contributed by atoms with Crippen LogP contribution in [0.1, 0.15) is 43.4 Å². The Morgan fingerprint density at radius 1 is 0.889 bits per heavy atom. The van der Waals surface area contributed by atoms with E-state index in [1.165, 1.54) is 10.9 Å². The normalized spacial score (nSPS) is 15.9. The van der Waals surface area contributed by atoms with Gasteiger partial charge in [0.25, 0.3) is 0 Å². The maximum atomic E-state index is 12.5. The standard InChI is InChI=1S/C25H22O2/c1-16(2)18-8-10-19(11-9-18)17(3)23-15-24(27-25(23)26)22-13-12-20-6-4-5-7-21(20)14-22/h4-16H,1-3H3. The fourth-order valence-electron chi connectivity index (χ4n) is 3.39. The summed E-state index contributed by atoms with van der Waals surface area (Å²) in [5.74, 6) is 0.811. The summed E-state index contributed by atoms with van der Waals surface area (Å²) in [5.41, 5.74) is 4.81. The van der Waals surface area contributed by atoms with Gasteiger partial charge in [0.1, 0.15) is 5.76 Å². The molecule has 134 valence electrons. The summed E-state index contributed by atoms with van der Waals surface area (Å²) in [4.78, 5) is 12.5. The van der Waals surface area contributed by atoms with Gasteiger partial charge in [-0.3, -0.25) is 0 Å². The summed E-state index contributed by atoms with van der Waals surface area (Å²) in [6.07, 6.45) is 1.86. The highest BCUT2D eigenvalue weighted by Crippen LogP contribution is 2.32. The average Bonchev–Trinajstić information content (AvgIpc) is 3.08. The van der Waals surface area contributed by atoms with Gasteiger partial charge in [0.2, 0.25) is 0 Å². The molecular weight excluding hydrogens is 332 g/mol. The number of benzene rings is 3. The first-order valence-corrected chi connectivity index (χ1v) is 9.27. The van der Waals surface area contributed by atoms with E-state index in [0.717, 1.165) is 22.1 Å². The Bertz CT molecular complexity index is 1080. The molecule has 4 rings (SSSR count). The molecule has 1 aliphatic heterocycles. The van der Waals surface area contributed by atoms with Crippen molar-refractivity contribution in [3.05, 3.63) is 95.1 Å². The number of cyclic esters (lactones) is 1. The van der Waals surface area contributed by atoms with E-state index in [2.05, 4.69) is 62.4 Å². The number of allylic oxidation sites excluding steroid dienone is 1. The van der Waals surface area contributed by atoms with E-state index in [9.17, 15) is 4.79 Å². The minimum Gasteiger partial charge on any atom is -0.422 e. The van der Waals surface area contributed by atoms with Crippen LogP contribution in [0.25, 0.3) is 22.1 Å². The second kappa shape index (κ2) is 6.88. The minimum absolute atomic E-state index is 0.288. The summed E-state index contributed by atoms with van der Waals surface area (Å²) in [7, 11) is 0. The van der Waals surface area contributed by atoms with Gasteiger partial charge in [-0.15, -0.1) is 0 Å². The van der Waals surface area contributed by atoms with Crippen LogP contribution in [0, 0.1) is 0 Å². The Morgan fingerprint density at radius 2 is 1.59 bits per heavy atom.